The van der Waals surface area contributed by atoms with E-state index in [-0.39, 0.29) is 18.3 Å². The van der Waals surface area contributed by atoms with Crippen LogP contribution in [-0.4, -0.2) is 18.7 Å². The van der Waals surface area contributed by atoms with E-state index in [1.54, 1.807) is 12.1 Å². The van der Waals surface area contributed by atoms with Gasteiger partial charge < -0.3 is 4.74 Å². The van der Waals surface area contributed by atoms with Gasteiger partial charge in [-0.15, -0.1) is 0 Å². The molecule has 0 heterocycles. The fourth-order valence-corrected chi connectivity index (χ4v) is 2.04. The monoisotopic (exact) mass is 328 g/mol. The summed E-state index contributed by atoms with van der Waals surface area (Å²) < 4.78 is 18.2. The van der Waals surface area contributed by atoms with E-state index in [0.29, 0.717) is 17.2 Å². The van der Waals surface area contributed by atoms with Gasteiger partial charge in [-0.2, -0.15) is 5.10 Å². The van der Waals surface area contributed by atoms with Crippen LogP contribution in [0.5, 0.6) is 5.75 Å². The zero-order valence-electron chi connectivity index (χ0n) is 13.8. The number of hydrogen-bond acceptors (Lipinski definition) is 3. The Morgan fingerprint density at radius 2 is 1.88 bits per heavy atom. The van der Waals surface area contributed by atoms with Crippen molar-refractivity contribution >= 4 is 12.1 Å². The van der Waals surface area contributed by atoms with Gasteiger partial charge in [-0.3, -0.25) is 4.79 Å². The van der Waals surface area contributed by atoms with E-state index in [4.69, 9.17) is 4.74 Å². The number of halogens is 1. The van der Waals surface area contributed by atoms with Crippen molar-refractivity contribution in [1.29, 1.82) is 0 Å². The number of amides is 1. The van der Waals surface area contributed by atoms with Crippen molar-refractivity contribution < 1.29 is 13.9 Å². The smallest absolute Gasteiger partial charge is 0.277 e. The van der Waals surface area contributed by atoms with Crippen LogP contribution in [0.2, 0.25) is 0 Å². The maximum Gasteiger partial charge on any atom is 0.277 e. The Hall–Kier alpha value is -2.69. The summed E-state index contributed by atoms with van der Waals surface area (Å²) in [6.07, 6.45) is 2.52. The third-order valence-electron chi connectivity index (χ3n) is 3.70. The predicted octanol–water partition coefficient (Wildman–Crippen LogP) is 3.87. The first kappa shape index (κ1) is 17.7. The third kappa shape index (κ3) is 5.50. The van der Waals surface area contributed by atoms with Gasteiger partial charge >= 0.3 is 0 Å². The zero-order valence-corrected chi connectivity index (χ0v) is 13.8. The minimum Gasteiger partial charge on any atom is -0.484 e. The van der Waals surface area contributed by atoms with Crippen LogP contribution in [0, 0.1) is 5.82 Å². The maximum atomic E-state index is 12.8. The first-order valence-electron chi connectivity index (χ1n) is 7.88. The molecule has 5 heteroatoms. The molecule has 0 aromatic heterocycles. The lowest BCUT2D eigenvalue weighted by Crippen LogP contribution is -2.24. The molecule has 0 bridgehead atoms. The number of ether oxygens (including phenoxy) is 1. The number of carbonyl (C=O) groups is 1. The summed E-state index contributed by atoms with van der Waals surface area (Å²) in [6.45, 7) is 4.19. The van der Waals surface area contributed by atoms with E-state index in [2.05, 4.69) is 24.4 Å². The van der Waals surface area contributed by atoms with Crippen LogP contribution in [0.25, 0.3) is 0 Å². The third-order valence-corrected chi connectivity index (χ3v) is 3.70. The van der Waals surface area contributed by atoms with Crippen LogP contribution in [0.4, 0.5) is 4.39 Å². The van der Waals surface area contributed by atoms with Crippen molar-refractivity contribution in [2.75, 3.05) is 6.61 Å². The summed E-state index contributed by atoms with van der Waals surface area (Å²) in [6, 6.07) is 13.5. The molecule has 0 spiro atoms. The second kappa shape index (κ2) is 8.82. The van der Waals surface area contributed by atoms with Crippen molar-refractivity contribution in [1.82, 2.24) is 5.43 Å². The van der Waals surface area contributed by atoms with Crippen LogP contribution < -0.4 is 10.2 Å². The van der Waals surface area contributed by atoms with E-state index in [1.165, 1.54) is 23.9 Å². The highest BCUT2D eigenvalue weighted by Gasteiger charge is 2.04. The molecule has 0 saturated carbocycles. The zero-order chi connectivity index (χ0) is 17.4. The summed E-state index contributed by atoms with van der Waals surface area (Å²) in [5.74, 6) is 0.464. The number of carbonyl (C=O) groups excluding carboxylic acids is 1. The standard InChI is InChI=1S/C19H21FN2O2/c1-3-14(2)16-6-10-18(11-7-16)24-13-19(23)22-21-12-15-4-8-17(20)9-5-15/h4-12,14H,3,13H2,1-2H3,(H,22,23)/b21-12-/t14-/m1/s1. The van der Waals surface area contributed by atoms with Crippen molar-refractivity contribution in [3.8, 4) is 5.75 Å². The number of rotatable bonds is 7. The molecule has 2 rings (SSSR count). The molecule has 1 atom stereocenters. The summed E-state index contributed by atoms with van der Waals surface area (Å²) in [5.41, 5.74) is 4.31. The minimum atomic E-state index is -0.362. The molecule has 0 aliphatic heterocycles. The van der Waals surface area contributed by atoms with E-state index in [1.807, 2.05) is 24.3 Å². The molecule has 1 amide bonds. The topological polar surface area (TPSA) is 50.7 Å². The van der Waals surface area contributed by atoms with Crippen LogP contribution >= 0.6 is 0 Å². The Balaban J connectivity index is 1.77. The van der Waals surface area contributed by atoms with Crippen molar-refractivity contribution in [2.45, 2.75) is 26.2 Å². The molecular formula is C19H21FN2O2. The summed E-state index contributed by atoms with van der Waals surface area (Å²) in [4.78, 5) is 11.7. The Morgan fingerprint density at radius 3 is 2.50 bits per heavy atom. The van der Waals surface area contributed by atoms with E-state index < -0.39 is 0 Å². The largest absolute Gasteiger partial charge is 0.484 e. The van der Waals surface area contributed by atoms with Gasteiger partial charge in [0.05, 0.1) is 6.21 Å². The fraction of sp³-hybridized carbons (Fsp3) is 0.263. The number of hydrogen-bond donors (Lipinski definition) is 1. The second-order valence-corrected chi connectivity index (χ2v) is 5.51. The van der Waals surface area contributed by atoms with E-state index >= 15 is 0 Å². The number of nitrogens with one attached hydrogen (secondary N) is 1. The van der Waals surface area contributed by atoms with Gasteiger partial charge in [0.25, 0.3) is 5.91 Å². The Labute approximate surface area is 141 Å². The maximum absolute atomic E-state index is 12.8. The van der Waals surface area contributed by atoms with Crippen molar-refractivity contribution in [3.05, 3.63) is 65.5 Å². The summed E-state index contributed by atoms with van der Waals surface area (Å²) >= 11 is 0. The predicted molar refractivity (Wildman–Crippen MR) is 92.8 cm³/mol. The van der Waals surface area contributed by atoms with Crippen LogP contribution in [-0.2, 0) is 4.79 Å². The molecular weight excluding hydrogens is 307 g/mol. The molecule has 4 nitrogen and oxygen atoms in total. The molecule has 24 heavy (non-hydrogen) atoms. The van der Waals surface area contributed by atoms with Gasteiger partial charge in [0, 0.05) is 0 Å². The SMILES string of the molecule is CC[C@@H](C)c1ccc(OCC(=O)N/N=C\c2ccc(F)cc2)cc1. The lowest BCUT2D eigenvalue weighted by atomic mass is 9.99. The highest BCUT2D eigenvalue weighted by atomic mass is 19.1. The van der Waals surface area contributed by atoms with E-state index in [9.17, 15) is 9.18 Å². The molecule has 126 valence electrons. The lowest BCUT2D eigenvalue weighted by molar-refractivity contribution is -0.123. The second-order valence-electron chi connectivity index (χ2n) is 5.51. The Bertz CT molecular complexity index is 682. The van der Waals surface area contributed by atoms with Crippen molar-refractivity contribution in [2.24, 2.45) is 5.10 Å². The van der Waals surface area contributed by atoms with Gasteiger partial charge in [-0.1, -0.05) is 38.1 Å². The molecule has 0 fully saturated rings. The van der Waals surface area contributed by atoms with Crippen LogP contribution in [0.15, 0.2) is 53.6 Å². The van der Waals surface area contributed by atoms with Crippen LogP contribution in [0.1, 0.15) is 37.3 Å². The number of nitrogens with zero attached hydrogens (tertiary/aromatic N) is 1. The van der Waals surface area contributed by atoms with Gasteiger partial charge in [-0.05, 0) is 47.7 Å². The first-order valence-corrected chi connectivity index (χ1v) is 7.88. The molecule has 0 aliphatic carbocycles. The minimum absolute atomic E-state index is 0.122. The fourth-order valence-electron chi connectivity index (χ4n) is 2.04. The molecule has 0 unspecified atom stereocenters. The highest BCUT2D eigenvalue weighted by Crippen LogP contribution is 2.21. The molecule has 0 saturated heterocycles. The lowest BCUT2D eigenvalue weighted by Gasteiger charge is -2.10. The normalized spacial score (nSPS) is 12.1. The average molecular weight is 328 g/mol. The number of benzene rings is 2. The first-order chi connectivity index (χ1) is 11.6. The number of hydrazone groups is 1. The molecule has 1 N–H and O–H groups in total. The molecule has 2 aromatic rings. The van der Waals surface area contributed by atoms with Crippen LogP contribution in [0.3, 0.4) is 0 Å². The van der Waals surface area contributed by atoms with Crippen molar-refractivity contribution in [3.63, 3.8) is 0 Å². The average Bonchev–Trinajstić information content (AvgIpc) is 2.61. The molecule has 0 radical (unpaired) electrons. The summed E-state index contributed by atoms with van der Waals surface area (Å²) in [5, 5.41) is 3.80. The van der Waals surface area contributed by atoms with E-state index in [0.717, 1.165) is 6.42 Å². The van der Waals surface area contributed by atoms with Gasteiger partial charge in [0.1, 0.15) is 11.6 Å². The van der Waals surface area contributed by atoms with Gasteiger partial charge in [0.2, 0.25) is 0 Å². The molecule has 2 aromatic carbocycles. The summed E-state index contributed by atoms with van der Waals surface area (Å²) in [7, 11) is 0. The van der Waals surface area contributed by atoms with Gasteiger partial charge in [0.15, 0.2) is 6.61 Å². The highest BCUT2D eigenvalue weighted by molar-refractivity contribution is 5.82. The van der Waals surface area contributed by atoms with Gasteiger partial charge in [-0.25, -0.2) is 9.82 Å². The Kier molecular flexibility index (Phi) is 6.49. The quantitative estimate of drug-likeness (QED) is 0.619. The Morgan fingerprint density at radius 1 is 1.21 bits per heavy atom. The molecule has 0 aliphatic rings.